The van der Waals surface area contributed by atoms with Gasteiger partial charge in [0.25, 0.3) is 0 Å². The van der Waals surface area contributed by atoms with Crippen LogP contribution in [0.2, 0.25) is 0 Å². The number of aromatic carboxylic acids is 1. The second kappa shape index (κ2) is 8.50. The van der Waals surface area contributed by atoms with E-state index in [-0.39, 0.29) is 5.56 Å². The zero-order valence-electron chi connectivity index (χ0n) is 15.3. The third kappa shape index (κ3) is 4.56. The van der Waals surface area contributed by atoms with E-state index < -0.39 is 5.97 Å². The van der Waals surface area contributed by atoms with Crippen LogP contribution >= 0.6 is 11.3 Å². The molecule has 6 heteroatoms. The Morgan fingerprint density at radius 1 is 0.966 bits per heavy atom. The highest BCUT2D eigenvalue weighted by atomic mass is 32.1. The van der Waals surface area contributed by atoms with Gasteiger partial charge in [0.05, 0.1) is 16.9 Å². The molecular formula is C23H17N3O2S. The number of rotatable bonds is 6. The van der Waals surface area contributed by atoms with Crippen molar-refractivity contribution in [2.75, 3.05) is 5.32 Å². The number of thiazole rings is 1. The smallest absolute Gasteiger partial charge is 0.337 e. The molecule has 2 N–H and O–H groups in total. The molecule has 142 valence electrons. The standard InChI is InChI=1S/C23H17N3O2S/c27-22(28)19-8-4-5-9-20(19)25-18-12-10-17(11-13-18)21-15-29-23(26-21)24-14-16-6-2-1-3-7-16/h1-15,25H,(H,27,28)/b24-14+. The van der Waals surface area contributed by atoms with Crippen LogP contribution in [0.25, 0.3) is 11.3 Å². The fourth-order valence-electron chi connectivity index (χ4n) is 2.78. The molecule has 29 heavy (non-hydrogen) atoms. The van der Waals surface area contributed by atoms with E-state index in [0.29, 0.717) is 10.8 Å². The van der Waals surface area contributed by atoms with Crippen LogP contribution in [0.15, 0.2) is 89.2 Å². The number of nitrogens with one attached hydrogen (secondary N) is 1. The highest BCUT2D eigenvalue weighted by Gasteiger charge is 2.09. The third-order valence-corrected chi connectivity index (χ3v) is 4.98. The Morgan fingerprint density at radius 2 is 1.69 bits per heavy atom. The van der Waals surface area contributed by atoms with Crippen molar-refractivity contribution in [3.63, 3.8) is 0 Å². The van der Waals surface area contributed by atoms with Crippen LogP contribution in [0.3, 0.4) is 0 Å². The summed E-state index contributed by atoms with van der Waals surface area (Å²) in [6.07, 6.45) is 1.80. The van der Waals surface area contributed by atoms with Crippen molar-refractivity contribution in [2.45, 2.75) is 0 Å². The fourth-order valence-corrected chi connectivity index (χ4v) is 3.45. The Kier molecular flexibility index (Phi) is 5.45. The first kappa shape index (κ1) is 18.6. The molecule has 0 aliphatic heterocycles. The van der Waals surface area contributed by atoms with E-state index in [9.17, 15) is 9.90 Å². The SMILES string of the molecule is O=C(O)c1ccccc1Nc1ccc(-c2csc(/N=C/c3ccccc3)n2)cc1. The second-order valence-corrected chi connectivity index (χ2v) is 7.07. The number of hydrogen-bond donors (Lipinski definition) is 2. The maximum atomic E-state index is 11.3. The maximum Gasteiger partial charge on any atom is 0.337 e. The van der Waals surface area contributed by atoms with Crippen LogP contribution < -0.4 is 5.32 Å². The Morgan fingerprint density at radius 3 is 2.45 bits per heavy atom. The summed E-state index contributed by atoms with van der Waals surface area (Å²) >= 11 is 1.49. The number of carbonyl (C=O) groups is 1. The normalized spacial score (nSPS) is 10.9. The topological polar surface area (TPSA) is 74.6 Å². The average Bonchev–Trinajstić information content (AvgIpc) is 3.23. The molecular weight excluding hydrogens is 382 g/mol. The van der Waals surface area contributed by atoms with E-state index in [1.54, 1.807) is 30.5 Å². The lowest BCUT2D eigenvalue weighted by molar-refractivity contribution is 0.0698. The number of aromatic nitrogens is 1. The van der Waals surface area contributed by atoms with Crippen molar-refractivity contribution < 1.29 is 9.90 Å². The summed E-state index contributed by atoms with van der Waals surface area (Å²) in [6.45, 7) is 0. The number of benzene rings is 3. The van der Waals surface area contributed by atoms with Gasteiger partial charge in [0.15, 0.2) is 0 Å². The van der Waals surface area contributed by atoms with Gasteiger partial charge in [0.2, 0.25) is 5.13 Å². The van der Waals surface area contributed by atoms with Gasteiger partial charge in [0.1, 0.15) is 0 Å². The van der Waals surface area contributed by atoms with E-state index in [2.05, 4.69) is 15.3 Å². The molecule has 0 aliphatic carbocycles. The lowest BCUT2D eigenvalue weighted by Crippen LogP contribution is -2.02. The highest BCUT2D eigenvalue weighted by molar-refractivity contribution is 7.13. The summed E-state index contributed by atoms with van der Waals surface area (Å²) in [6, 6.07) is 24.4. The molecule has 0 atom stereocenters. The first-order valence-corrected chi connectivity index (χ1v) is 9.81. The molecule has 1 aromatic heterocycles. The lowest BCUT2D eigenvalue weighted by atomic mass is 10.1. The van der Waals surface area contributed by atoms with Crippen LogP contribution in [-0.4, -0.2) is 22.3 Å². The Balaban J connectivity index is 1.48. The Bertz CT molecular complexity index is 1150. The van der Waals surface area contributed by atoms with Crippen LogP contribution in [0, 0.1) is 0 Å². The van der Waals surface area contributed by atoms with Crippen molar-refractivity contribution in [1.29, 1.82) is 0 Å². The molecule has 0 saturated heterocycles. The van der Waals surface area contributed by atoms with Gasteiger partial charge in [-0.05, 0) is 29.8 Å². The predicted octanol–water partition coefficient (Wildman–Crippen LogP) is 6.00. The largest absolute Gasteiger partial charge is 0.478 e. The number of hydrogen-bond acceptors (Lipinski definition) is 5. The van der Waals surface area contributed by atoms with Crippen LogP contribution in [0.5, 0.6) is 0 Å². The predicted molar refractivity (Wildman–Crippen MR) is 118 cm³/mol. The molecule has 0 spiro atoms. The van der Waals surface area contributed by atoms with Crippen LogP contribution in [0.4, 0.5) is 16.5 Å². The van der Waals surface area contributed by atoms with Gasteiger partial charge in [-0.15, -0.1) is 11.3 Å². The van der Waals surface area contributed by atoms with E-state index in [1.807, 2.05) is 60.0 Å². The monoisotopic (exact) mass is 399 g/mol. The molecule has 0 saturated carbocycles. The summed E-state index contributed by atoms with van der Waals surface area (Å²) in [7, 11) is 0. The summed E-state index contributed by atoms with van der Waals surface area (Å²) in [5, 5.41) is 15.1. The van der Waals surface area contributed by atoms with Crippen molar-refractivity contribution in [1.82, 2.24) is 4.98 Å². The van der Waals surface area contributed by atoms with Crippen LogP contribution in [-0.2, 0) is 0 Å². The molecule has 0 aliphatic rings. The minimum Gasteiger partial charge on any atom is -0.478 e. The number of aliphatic imine (C=N–C) groups is 1. The number of carboxylic acid groups (broad SMARTS) is 1. The van der Waals surface area contributed by atoms with E-state index in [4.69, 9.17) is 0 Å². The molecule has 5 nitrogen and oxygen atoms in total. The summed E-state index contributed by atoms with van der Waals surface area (Å²) < 4.78 is 0. The van der Waals surface area contributed by atoms with Crippen molar-refractivity contribution in [2.24, 2.45) is 4.99 Å². The van der Waals surface area contributed by atoms with Crippen LogP contribution in [0.1, 0.15) is 15.9 Å². The molecule has 3 aromatic carbocycles. The molecule has 4 aromatic rings. The zero-order chi connectivity index (χ0) is 20.1. The molecule has 4 rings (SSSR count). The first-order chi connectivity index (χ1) is 14.2. The molecule has 1 heterocycles. The van der Waals surface area contributed by atoms with Gasteiger partial charge in [-0.25, -0.2) is 14.8 Å². The third-order valence-electron chi connectivity index (χ3n) is 4.23. The van der Waals surface area contributed by atoms with Gasteiger partial charge in [-0.2, -0.15) is 0 Å². The van der Waals surface area contributed by atoms with Gasteiger partial charge in [-0.1, -0.05) is 54.6 Å². The highest BCUT2D eigenvalue weighted by Crippen LogP contribution is 2.28. The molecule has 0 unspecified atom stereocenters. The summed E-state index contributed by atoms with van der Waals surface area (Å²) in [5.74, 6) is -0.962. The Labute approximate surface area is 172 Å². The summed E-state index contributed by atoms with van der Waals surface area (Å²) in [4.78, 5) is 20.3. The quantitative estimate of drug-likeness (QED) is 0.390. The van der Waals surface area contributed by atoms with Gasteiger partial charge in [0, 0.05) is 22.8 Å². The minimum atomic E-state index is -0.962. The van der Waals surface area contributed by atoms with Gasteiger partial charge >= 0.3 is 5.97 Å². The Hall–Kier alpha value is -3.77. The molecule has 0 bridgehead atoms. The summed E-state index contributed by atoms with van der Waals surface area (Å²) in [5.41, 5.74) is 4.45. The lowest BCUT2D eigenvalue weighted by Gasteiger charge is -2.09. The molecule has 0 radical (unpaired) electrons. The minimum absolute atomic E-state index is 0.233. The van der Waals surface area contributed by atoms with Crippen molar-refractivity contribution in [3.8, 4) is 11.3 Å². The first-order valence-electron chi connectivity index (χ1n) is 8.93. The zero-order valence-corrected chi connectivity index (χ0v) is 16.1. The van der Waals surface area contributed by atoms with E-state index in [1.165, 1.54) is 11.3 Å². The van der Waals surface area contributed by atoms with Gasteiger partial charge < -0.3 is 10.4 Å². The maximum absolute atomic E-state index is 11.3. The van der Waals surface area contributed by atoms with Gasteiger partial charge in [-0.3, -0.25) is 0 Å². The second-order valence-electron chi connectivity index (χ2n) is 6.24. The fraction of sp³-hybridized carbons (Fsp3) is 0. The number of carboxylic acids is 1. The van der Waals surface area contributed by atoms with E-state index >= 15 is 0 Å². The molecule has 0 fully saturated rings. The van der Waals surface area contributed by atoms with Crippen molar-refractivity contribution in [3.05, 3.63) is 95.4 Å². The average molecular weight is 399 g/mol. The number of anilines is 2. The number of nitrogens with zero attached hydrogens (tertiary/aromatic N) is 2. The number of para-hydroxylation sites is 1. The van der Waals surface area contributed by atoms with Crippen molar-refractivity contribution >= 4 is 40.0 Å². The van der Waals surface area contributed by atoms with E-state index in [0.717, 1.165) is 22.5 Å². The molecule has 0 amide bonds.